The second kappa shape index (κ2) is 8.61. The van der Waals surface area contributed by atoms with Gasteiger partial charge in [0.05, 0.1) is 29.0 Å². The molecule has 0 aliphatic carbocycles. The maximum atomic E-state index is 13.8. The Morgan fingerprint density at radius 1 is 1.14 bits per heavy atom. The van der Waals surface area contributed by atoms with Crippen LogP contribution in [0.15, 0.2) is 64.4 Å². The molecule has 0 unspecified atom stereocenters. The van der Waals surface area contributed by atoms with Crippen molar-refractivity contribution in [2.45, 2.75) is 17.1 Å². The van der Waals surface area contributed by atoms with Crippen LogP contribution in [-0.2, 0) is 16.2 Å². The van der Waals surface area contributed by atoms with E-state index in [0.717, 1.165) is 34.7 Å². The molecule has 4 heterocycles. The lowest BCUT2D eigenvalue weighted by Crippen LogP contribution is -2.60. The molecule has 1 aromatic carbocycles. The molecule has 4 aromatic rings. The van der Waals surface area contributed by atoms with Gasteiger partial charge in [-0.3, -0.25) is 9.20 Å². The second-order valence-corrected chi connectivity index (χ2v) is 10.2. The van der Waals surface area contributed by atoms with Gasteiger partial charge in [-0.25, -0.2) is 22.5 Å². The van der Waals surface area contributed by atoms with Gasteiger partial charge in [0.25, 0.3) is 5.91 Å². The van der Waals surface area contributed by atoms with Crippen molar-refractivity contribution in [3.05, 3.63) is 77.3 Å². The third-order valence-corrected chi connectivity index (χ3v) is 7.54. The summed E-state index contributed by atoms with van der Waals surface area (Å²) in [4.78, 5) is 17.9. The minimum atomic E-state index is -4.78. The molecule has 1 aliphatic rings. The average molecular weight is 543 g/mol. The molecule has 1 saturated heterocycles. The van der Waals surface area contributed by atoms with Crippen LogP contribution in [0, 0.1) is 5.82 Å². The molecule has 14 heteroatoms. The zero-order valence-corrected chi connectivity index (χ0v) is 19.5. The molecule has 1 aliphatic heterocycles. The molecule has 3 aromatic heterocycles. The van der Waals surface area contributed by atoms with Gasteiger partial charge in [-0.2, -0.15) is 13.2 Å². The lowest BCUT2D eigenvalue weighted by atomic mass is 10.1. The Kier molecular flexibility index (Phi) is 5.80. The smallest absolute Gasteiger partial charge is 0.420 e. The summed E-state index contributed by atoms with van der Waals surface area (Å²) in [5.41, 5.74) is -1.50. The number of furan rings is 1. The summed E-state index contributed by atoms with van der Waals surface area (Å²) in [7, 11) is -3.96. The van der Waals surface area contributed by atoms with Crippen molar-refractivity contribution in [3.8, 4) is 11.1 Å². The third kappa shape index (κ3) is 4.33. The summed E-state index contributed by atoms with van der Waals surface area (Å²) in [6, 6.07) is 5.93. The van der Waals surface area contributed by atoms with Crippen molar-refractivity contribution in [1.29, 1.82) is 0 Å². The predicted octanol–water partition coefficient (Wildman–Crippen LogP) is 4.21. The van der Waals surface area contributed by atoms with Crippen molar-refractivity contribution < 1.29 is 35.2 Å². The number of amides is 1. The number of fused-ring (bicyclic) bond motifs is 1. The molecule has 0 saturated carbocycles. The largest absolute Gasteiger partial charge is 0.472 e. The van der Waals surface area contributed by atoms with Crippen LogP contribution in [0.5, 0.6) is 0 Å². The Bertz CT molecular complexity index is 1560. The number of carbonyl (C=O) groups excluding carboxylic acids is 1. The molecule has 0 radical (unpaired) electrons. The summed E-state index contributed by atoms with van der Waals surface area (Å²) in [6.45, 7) is -0.119. The first kappa shape index (κ1) is 24.3. The first-order chi connectivity index (χ1) is 16.9. The average Bonchev–Trinajstić information content (AvgIpc) is 3.43. The van der Waals surface area contributed by atoms with E-state index in [-0.39, 0.29) is 28.7 Å². The van der Waals surface area contributed by atoms with Crippen molar-refractivity contribution >= 4 is 33.2 Å². The van der Waals surface area contributed by atoms with E-state index in [9.17, 15) is 30.8 Å². The zero-order chi connectivity index (χ0) is 25.8. The molecule has 8 nitrogen and oxygen atoms in total. The fraction of sp³-hybridized carbons (Fsp3) is 0.182. The molecular weight excluding hydrogens is 528 g/mol. The maximum Gasteiger partial charge on any atom is 0.420 e. The monoisotopic (exact) mass is 542 g/mol. The van der Waals surface area contributed by atoms with Crippen LogP contribution >= 0.6 is 11.6 Å². The normalized spacial score (nSPS) is 14.9. The van der Waals surface area contributed by atoms with E-state index >= 15 is 0 Å². The van der Waals surface area contributed by atoms with Gasteiger partial charge in [-0.1, -0.05) is 11.6 Å². The Morgan fingerprint density at radius 2 is 1.83 bits per heavy atom. The van der Waals surface area contributed by atoms with Gasteiger partial charge < -0.3 is 9.32 Å². The molecule has 188 valence electrons. The summed E-state index contributed by atoms with van der Waals surface area (Å²) in [5.74, 6) is -1.34. The number of benzene rings is 1. The minimum Gasteiger partial charge on any atom is -0.472 e. The summed E-state index contributed by atoms with van der Waals surface area (Å²) in [6.07, 6.45) is -0.888. The molecule has 1 amide bonds. The van der Waals surface area contributed by atoms with Gasteiger partial charge in [-0.15, -0.1) is 0 Å². The molecule has 36 heavy (non-hydrogen) atoms. The van der Waals surface area contributed by atoms with Gasteiger partial charge in [0.15, 0.2) is 11.3 Å². The minimum absolute atomic E-state index is 0.0597. The van der Waals surface area contributed by atoms with Crippen LogP contribution in [0.25, 0.3) is 16.8 Å². The van der Waals surface area contributed by atoms with Crippen LogP contribution in [0.1, 0.15) is 16.1 Å². The maximum absolute atomic E-state index is 13.8. The summed E-state index contributed by atoms with van der Waals surface area (Å²) < 4.78 is 87.6. The Hall–Kier alpha value is -3.42. The Balaban J connectivity index is 1.39. The lowest BCUT2D eigenvalue weighted by Gasteiger charge is -2.38. The number of hydrogen-bond acceptors (Lipinski definition) is 5. The summed E-state index contributed by atoms with van der Waals surface area (Å²) >= 11 is 6.29. The van der Waals surface area contributed by atoms with Crippen molar-refractivity contribution in [2.75, 3.05) is 13.1 Å². The highest BCUT2D eigenvalue weighted by Crippen LogP contribution is 2.37. The van der Waals surface area contributed by atoms with E-state index in [1.807, 2.05) is 0 Å². The van der Waals surface area contributed by atoms with Crippen molar-refractivity contribution in [2.24, 2.45) is 0 Å². The van der Waals surface area contributed by atoms with Crippen LogP contribution in [-0.4, -0.2) is 47.7 Å². The third-order valence-electron chi connectivity index (χ3n) is 5.64. The van der Waals surface area contributed by atoms with Crippen LogP contribution in [0.3, 0.4) is 0 Å². The number of likely N-dealkylation sites (tertiary alicyclic amines) is 1. The number of alkyl halides is 3. The van der Waals surface area contributed by atoms with E-state index in [2.05, 4.69) is 9.71 Å². The lowest BCUT2D eigenvalue weighted by molar-refractivity contribution is -0.136. The predicted molar refractivity (Wildman–Crippen MR) is 119 cm³/mol. The van der Waals surface area contributed by atoms with Gasteiger partial charge in [-0.05, 0) is 36.4 Å². The molecule has 1 fully saturated rings. The number of rotatable bonds is 5. The highest BCUT2D eigenvalue weighted by Gasteiger charge is 2.39. The van der Waals surface area contributed by atoms with E-state index < -0.39 is 50.9 Å². The summed E-state index contributed by atoms with van der Waals surface area (Å²) in [5, 5.41) is -0.318. The van der Waals surface area contributed by atoms with Gasteiger partial charge in [0.1, 0.15) is 11.0 Å². The second-order valence-electron chi connectivity index (χ2n) is 8.08. The van der Waals surface area contributed by atoms with Gasteiger partial charge in [0.2, 0.25) is 10.0 Å². The molecule has 5 rings (SSSR count). The zero-order valence-electron chi connectivity index (χ0n) is 18.0. The molecule has 1 N–H and O–H groups in total. The topological polar surface area (TPSA) is 96.9 Å². The Morgan fingerprint density at radius 3 is 2.44 bits per heavy atom. The first-order valence-corrected chi connectivity index (χ1v) is 12.2. The van der Waals surface area contributed by atoms with E-state index in [4.69, 9.17) is 16.0 Å². The number of pyridine rings is 1. The number of aromatic nitrogens is 2. The fourth-order valence-corrected chi connectivity index (χ4v) is 5.29. The van der Waals surface area contributed by atoms with E-state index in [1.165, 1.54) is 29.7 Å². The molecule has 0 atom stereocenters. The molecular formula is C22H15ClF4N4O4S. The number of nitrogens with one attached hydrogen (secondary N) is 1. The highest BCUT2D eigenvalue weighted by atomic mass is 35.5. The van der Waals surface area contributed by atoms with Crippen molar-refractivity contribution in [3.63, 3.8) is 0 Å². The fourth-order valence-electron chi connectivity index (χ4n) is 3.82. The number of halogens is 5. The number of imidazole rings is 1. The first-order valence-electron chi connectivity index (χ1n) is 10.3. The van der Waals surface area contributed by atoms with Gasteiger partial charge in [0, 0.05) is 30.4 Å². The number of carbonyl (C=O) groups is 1. The molecule has 0 bridgehead atoms. The number of hydrogen-bond donors (Lipinski definition) is 1. The quantitative estimate of drug-likeness (QED) is 0.381. The van der Waals surface area contributed by atoms with Gasteiger partial charge >= 0.3 is 6.18 Å². The Labute approximate surface area is 206 Å². The van der Waals surface area contributed by atoms with E-state index in [1.54, 1.807) is 0 Å². The number of nitrogens with zero attached hydrogens (tertiary/aromatic N) is 3. The van der Waals surface area contributed by atoms with Crippen LogP contribution < -0.4 is 4.72 Å². The molecule has 0 spiro atoms. The van der Waals surface area contributed by atoms with Crippen LogP contribution in [0.2, 0.25) is 5.15 Å². The highest BCUT2D eigenvalue weighted by molar-refractivity contribution is 7.89. The van der Waals surface area contributed by atoms with Crippen molar-refractivity contribution in [1.82, 2.24) is 19.0 Å². The van der Waals surface area contributed by atoms with E-state index in [0.29, 0.717) is 5.56 Å². The van der Waals surface area contributed by atoms with Crippen LogP contribution in [0.4, 0.5) is 17.6 Å². The SMILES string of the molecule is O=C(c1nc2c(C(F)(F)F)cc(-c3ccoc3)cn2c1Cl)N1CC(NS(=O)(=O)c2ccc(F)cc2)C1. The number of sulfonamides is 1. The standard InChI is InChI=1S/C22H15ClF4N4O4S/c23-19-18(21(32)30-9-15(10-30)29-36(33,34)16-3-1-14(24)2-4-16)28-20-17(22(25,26)27)7-13(8-31(19)20)12-5-6-35-11-12/h1-8,11,15,29H,9-10H2.